The molecule has 2 aromatic carbocycles. The third-order valence-electron chi connectivity index (χ3n) is 5.21. The minimum absolute atomic E-state index is 0.111. The number of phenols is 1. The average Bonchev–Trinajstić information content (AvgIpc) is 3.25. The Morgan fingerprint density at radius 3 is 2.60 bits per heavy atom. The van der Waals surface area contributed by atoms with E-state index in [0.717, 1.165) is 17.5 Å². The van der Waals surface area contributed by atoms with Gasteiger partial charge in [0.05, 0.1) is 13.2 Å². The Hall–Kier alpha value is -2.90. The zero-order valence-electron chi connectivity index (χ0n) is 17.0. The van der Waals surface area contributed by atoms with Crippen molar-refractivity contribution in [2.75, 3.05) is 19.7 Å². The number of carbonyl (C=O) groups excluding carboxylic acids is 2. The molecule has 1 heterocycles. The van der Waals surface area contributed by atoms with E-state index in [0.29, 0.717) is 32.5 Å². The molecular formula is C23H29N3O4. The number of hydrogen-bond donors (Lipinski definition) is 3. The maximum absolute atomic E-state index is 12.7. The summed E-state index contributed by atoms with van der Waals surface area (Å²) in [6.07, 6.45) is 2.06. The van der Waals surface area contributed by atoms with Gasteiger partial charge in [0, 0.05) is 13.1 Å². The van der Waals surface area contributed by atoms with Crippen LogP contribution in [0.4, 0.5) is 0 Å². The van der Waals surface area contributed by atoms with Gasteiger partial charge < -0.3 is 25.8 Å². The van der Waals surface area contributed by atoms with Gasteiger partial charge in [-0.05, 0) is 42.5 Å². The van der Waals surface area contributed by atoms with E-state index in [2.05, 4.69) is 5.32 Å². The van der Waals surface area contributed by atoms with Crippen LogP contribution >= 0.6 is 0 Å². The monoisotopic (exact) mass is 411 g/mol. The van der Waals surface area contributed by atoms with Gasteiger partial charge in [0.1, 0.15) is 17.8 Å². The SMILES string of the molecule is N[C@@H](COCc1ccccc1)C(=O)N1CCC[C@H]1C(=O)NCCc1ccc(O)cc1. The lowest BCUT2D eigenvalue weighted by Gasteiger charge is -2.26. The second-order valence-corrected chi connectivity index (χ2v) is 7.50. The molecule has 0 aliphatic carbocycles. The van der Waals surface area contributed by atoms with Crippen molar-refractivity contribution in [3.63, 3.8) is 0 Å². The first-order valence-corrected chi connectivity index (χ1v) is 10.3. The highest BCUT2D eigenvalue weighted by molar-refractivity contribution is 5.90. The number of nitrogens with two attached hydrogens (primary N) is 1. The molecule has 0 bridgehead atoms. The third-order valence-corrected chi connectivity index (χ3v) is 5.21. The molecule has 0 saturated carbocycles. The molecule has 1 aliphatic heterocycles. The Kier molecular flexibility index (Phi) is 7.82. The van der Waals surface area contributed by atoms with Crippen LogP contribution in [0, 0.1) is 0 Å². The number of carbonyl (C=O) groups is 2. The van der Waals surface area contributed by atoms with E-state index in [1.54, 1.807) is 17.0 Å². The number of hydrogen-bond acceptors (Lipinski definition) is 5. The van der Waals surface area contributed by atoms with Gasteiger partial charge in [-0.25, -0.2) is 0 Å². The number of nitrogens with zero attached hydrogens (tertiary/aromatic N) is 1. The van der Waals surface area contributed by atoms with Crippen LogP contribution < -0.4 is 11.1 Å². The molecule has 0 radical (unpaired) electrons. The minimum atomic E-state index is -0.792. The van der Waals surface area contributed by atoms with Gasteiger partial charge in [-0.3, -0.25) is 9.59 Å². The van der Waals surface area contributed by atoms with Crippen LogP contribution in [0.3, 0.4) is 0 Å². The lowest BCUT2D eigenvalue weighted by molar-refractivity contribution is -0.140. The molecule has 7 nitrogen and oxygen atoms in total. The Labute approximate surface area is 176 Å². The van der Waals surface area contributed by atoms with E-state index in [4.69, 9.17) is 10.5 Å². The molecule has 2 atom stereocenters. The van der Waals surface area contributed by atoms with Gasteiger partial charge in [0.2, 0.25) is 11.8 Å². The molecule has 2 aromatic rings. The molecule has 4 N–H and O–H groups in total. The van der Waals surface area contributed by atoms with Crippen molar-refractivity contribution < 1.29 is 19.4 Å². The number of likely N-dealkylation sites (tertiary alicyclic amines) is 1. The van der Waals surface area contributed by atoms with Crippen molar-refractivity contribution in [1.29, 1.82) is 0 Å². The van der Waals surface area contributed by atoms with Crippen molar-refractivity contribution in [2.24, 2.45) is 5.73 Å². The maximum Gasteiger partial charge on any atom is 0.242 e. The summed E-state index contributed by atoms with van der Waals surface area (Å²) in [7, 11) is 0. The number of phenolic OH excluding ortho intramolecular Hbond substituents is 1. The molecule has 1 fully saturated rings. The zero-order chi connectivity index (χ0) is 21.3. The highest BCUT2D eigenvalue weighted by Gasteiger charge is 2.36. The molecule has 0 aromatic heterocycles. The second-order valence-electron chi connectivity index (χ2n) is 7.50. The van der Waals surface area contributed by atoms with E-state index in [1.807, 2.05) is 42.5 Å². The molecular weight excluding hydrogens is 382 g/mol. The van der Waals surface area contributed by atoms with Crippen LogP contribution in [0.15, 0.2) is 54.6 Å². The van der Waals surface area contributed by atoms with Gasteiger partial charge in [0.15, 0.2) is 0 Å². The molecule has 7 heteroatoms. The smallest absolute Gasteiger partial charge is 0.242 e. The minimum Gasteiger partial charge on any atom is -0.508 e. The van der Waals surface area contributed by atoms with Crippen molar-refractivity contribution in [2.45, 2.75) is 38.0 Å². The molecule has 1 saturated heterocycles. The normalized spacial score (nSPS) is 17.0. The number of aromatic hydroxyl groups is 1. The van der Waals surface area contributed by atoms with Crippen LogP contribution in [0.1, 0.15) is 24.0 Å². The third kappa shape index (κ3) is 6.05. The number of rotatable bonds is 9. The highest BCUT2D eigenvalue weighted by Crippen LogP contribution is 2.18. The Balaban J connectivity index is 1.44. The topological polar surface area (TPSA) is 105 Å². The number of nitrogens with one attached hydrogen (secondary N) is 1. The maximum atomic E-state index is 12.7. The summed E-state index contributed by atoms with van der Waals surface area (Å²) in [6.45, 7) is 1.50. The van der Waals surface area contributed by atoms with Crippen LogP contribution in [0.2, 0.25) is 0 Å². The van der Waals surface area contributed by atoms with Crippen LogP contribution in [0.25, 0.3) is 0 Å². The quantitative estimate of drug-likeness (QED) is 0.581. The Morgan fingerprint density at radius 1 is 1.13 bits per heavy atom. The summed E-state index contributed by atoms with van der Waals surface area (Å²) < 4.78 is 5.59. The first kappa shape index (κ1) is 21.8. The summed E-state index contributed by atoms with van der Waals surface area (Å²) in [5.74, 6) is -0.191. The molecule has 3 rings (SSSR count). The van der Waals surface area contributed by atoms with E-state index >= 15 is 0 Å². The molecule has 0 spiro atoms. The molecule has 30 heavy (non-hydrogen) atoms. The van der Waals surface area contributed by atoms with Crippen molar-refractivity contribution >= 4 is 11.8 Å². The number of ether oxygens (including phenoxy) is 1. The molecule has 160 valence electrons. The summed E-state index contributed by atoms with van der Waals surface area (Å²) in [6, 6.07) is 15.3. The lowest BCUT2D eigenvalue weighted by Crippen LogP contribution is -2.52. The van der Waals surface area contributed by atoms with Crippen LogP contribution in [0.5, 0.6) is 5.75 Å². The van der Waals surface area contributed by atoms with Crippen LogP contribution in [-0.4, -0.2) is 53.6 Å². The standard InChI is InChI=1S/C23H29N3O4/c24-20(16-30-15-18-5-2-1-3-6-18)23(29)26-14-4-7-21(26)22(28)25-13-12-17-8-10-19(27)11-9-17/h1-3,5-6,8-11,20-21,27H,4,7,12-16,24H2,(H,25,28)/t20-,21-/m0/s1. The Bertz CT molecular complexity index is 826. The predicted molar refractivity (Wildman–Crippen MR) is 114 cm³/mol. The largest absolute Gasteiger partial charge is 0.508 e. The highest BCUT2D eigenvalue weighted by atomic mass is 16.5. The van der Waals surface area contributed by atoms with E-state index < -0.39 is 12.1 Å². The lowest BCUT2D eigenvalue weighted by atomic mass is 10.1. The zero-order valence-corrected chi connectivity index (χ0v) is 17.0. The fraction of sp³-hybridized carbons (Fsp3) is 0.391. The fourth-order valence-electron chi connectivity index (χ4n) is 3.58. The molecule has 1 aliphatic rings. The van der Waals surface area contributed by atoms with E-state index in [-0.39, 0.29) is 24.2 Å². The summed E-state index contributed by atoms with van der Waals surface area (Å²) in [5, 5.41) is 12.2. The fourth-order valence-corrected chi connectivity index (χ4v) is 3.58. The first-order valence-electron chi connectivity index (χ1n) is 10.3. The van der Waals surface area contributed by atoms with Gasteiger partial charge in [0.25, 0.3) is 0 Å². The summed E-state index contributed by atoms with van der Waals surface area (Å²) >= 11 is 0. The average molecular weight is 412 g/mol. The van der Waals surface area contributed by atoms with E-state index in [9.17, 15) is 14.7 Å². The molecule has 2 amide bonds. The summed E-state index contributed by atoms with van der Waals surface area (Å²) in [5.41, 5.74) is 8.08. The number of benzene rings is 2. The van der Waals surface area contributed by atoms with Gasteiger partial charge in [-0.15, -0.1) is 0 Å². The van der Waals surface area contributed by atoms with E-state index in [1.165, 1.54) is 0 Å². The molecule has 0 unspecified atom stereocenters. The van der Waals surface area contributed by atoms with Gasteiger partial charge in [-0.2, -0.15) is 0 Å². The van der Waals surface area contributed by atoms with Gasteiger partial charge >= 0.3 is 0 Å². The Morgan fingerprint density at radius 2 is 1.87 bits per heavy atom. The number of amides is 2. The van der Waals surface area contributed by atoms with Crippen molar-refractivity contribution in [1.82, 2.24) is 10.2 Å². The predicted octanol–water partition coefficient (Wildman–Crippen LogP) is 1.59. The van der Waals surface area contributed by atoms with Gasteiger partial charge in [-0.1, -0.05) is 42.5 Å². The summed E-state index contributed by atoms with van der Waals surface area (Å²) in [4.78, 5) is 26.9. The second kappa shape index (κ2) is 10.8. The first-order chi connectivity index (χ1) is 14.5. The van der Waals surface area contributed by atoms with Crippen molar-refractivity contribution in [3.05, 3.63) is 65.7 Å². The van der Waals surface area contributed by atoms with Crippen molar-refractivity contribution in [3.8, 4) is 5.75 Å². The van der Waals surface area contributed by atoms with Crippen LogP contribution in [-0.2, 0) is 27.4 Å².